The van der Waals surface area contributed by atoms with Crippen LogP contribution in [-0.4, -0.2) is 69.1 Å². The Kier molecular flexibility index (Phi) is 9.52. The molecule has 1 aliphatic rings. The lowest BCUT2D eigenvalue weighted by Crippen LogP contribution is -2.43. The number of rotatable bonds is 10. The number of ether oxygens (including phenoxy) is 4. The molecule has 0 aromatic heterocycles. The molecular formula is C23H26BrN3O6. The first-order valence-corrected chi connectivity index (χ1v) is 11.3. The highest BCUT2D eigenvalue weighted by Gasteiger charge is 2.18. The monoisotopic (exact) mass is 519 g/mol. The SMILES string of the molecule is CCOc1cc(/C=N\NC(=O)COc2ccc(Br)cc2)ccc1OCC(=O)N1CCOCC1. The quantitative estimate of drug-likeness (QED) is 0.382. The molecule has 1 heterocycles. The van der Waals surface area contributed by atoms with Crippen LogP contribution in [0, 0.1) is 0 Å². The zero-order valence-electron chi connectivity index (χ0n) is 18.3. The highest BCUT2D eigenvalue weighted by molar-refractivity contribution is 9.10. The average molecular weight is 520 g/mol. The Hall–Kier alpha value is -3.11. The molecule has 33 heavy (non-hydrogen) atoms. The minimum absolute atomic E-state index is 0.0814. The van der Waals surface area contributed by atoms with Gasteiger partial charge in [-0.05, 0) is 55.0 Å². The third kappa shape index (κ3) is 8.07. The van der Waals surface area contributed by atoms with E-state index in [-0.39, 0.29) is 25.0 Å². The van der Waals surface area contributed by atoms with E-state index in [0.717, 1.165) is 4.47 Å². The van der Waals surface area contributed by atoms with Gasteiger partial charge in [-0.1, -0.05) is 15.9 Å². The van der Waals surface area contributed by atoms with E-state index in [0.29, 0.717) is 55.7 Å². The van der Waals surface area contributed by atoms with Crippen LogP contribution in [0.25, 0.3) is 0 Å². The van der Waals surface area contributed by atoms with Gasteiger partial charge < -0.3 is 23.8 Å². The summed E-state index contributed by atoms with van der Waals surface area (Å²) < 4.78 is 22.9. The second-order valence-electron chi connectivity index (χ2n) is 6.96. The van der Waals surface area contributed by atoms with Crippen LogP contribution in [0.4, 0.5) is 0 Å². The number of nitrogens with one attached hydrogen (secondary N) is 1. The summed E-state index contributed by atoms with van der Waals surface area (Å²) in [7, 11) is 0. The number of amides is 2. The van der Waals surface area contributed by atoms with Crippen molar-refractivity contribution >= 4 is 34.0 Å². The van der Waals surface area contributed by atoms with Gasteiger partial charge in [-0.2, -0.15) is 5.10 Å². The van der Waals surface area contributed by atoms with E-state index in [9.17, 15) is 9.59 Å². The Labute approximate surface area is 200 Å². The Morgan fingerprint density at radius 1 is 1.06 bits per heavy atom. The van der Waals surface area contributed by atoms with Gasteiger partial charge in [0.1, 0.15) is 5.75 Å². The number of benzene rings is 2. The summed E-state index contributed by atoms with van der Waals surface area (Å²) in [6.45, 7) is 4.25. The van der Waals surface area contributed by atoms with Gasteiger partial charge in [-0.25, -0.2) is 5.43 Å². The van der Waals surface area contributed by atoms with Gasteiger partial charge in [0, 0.05) is 17.6 Å². The summed E-state index contributed by atoms with van der Waals surface area (Å²) in [5, 5.41) is 3.95. The number of halogens is 1. The predicted molar refractivity (Wildman–Crippen MR) is 126 cm³/mol. The predicted octanol–water partition coefficient (Wildman–Crippen LogP) is 2.61. The lowest BCUT2D eigenvalue weighted by Gasteiger charge is -2.26. The fraction of sp³-hybridized carbons (Fsp3) is 0.348. The van der Waals surface area contributed by atoms with Crippen LogP contribution in [0.1, 0.15) is 12.5 Å². The van der Waals surface area contributed by atoms with Crippen LogP contribution in [0.5, 0.6) is 17.2 Å². The minimum atomic E-state index is -0.388. The molecule has 0 spiro atoms. The summed E-state index contributed by atoms with van der Waals surface area (Å²) in [5.74, 6) is 1.05. The van der Waals surface area contributed by atoms with E-state index in [1.165, 1.54) is 6.21 Å². The average Bonchev–Trinajstić information content (AvgIpc) is 2.84. The van der Waals surface area contributed by atoms with Gasteiger partial charge in [0.2, 0.25) is 0 Å². The molecule has 1 saturated heterocycles. The third-order valence-electron chi connectivity index (χ3n) is 4.57. The molecule has 0 atom stereocenters. The first kappa shape index (κ1) is 24.5. The second-order valence-corrected chi connectivity index (χ2v) is 7.87. The summed E-state index contributed by atoms with van der Waals surface area (Å²) in [6.07, 6.45) is 1.49. The van der Waals surface area contributed by atoms with E-state index >= 15 is 0 Å². The highest BCUT2D eigenvalue weighted by atomic mass is 79.9. The molecule has 2 aromatic rings. The van der Waals surface area contributed by atoms with Crippen molar-refractivity contribution in [3.05, 3.63) is 52.5 Å². The van der Waals surface area contributed by atoms with E-state index in [1.54, 1.807) is 35.2 Å². The van der Waals surface area contributed by atoms with Gasteiger partial charge in [-0.15, -0.1) is 0 Å². The molecule has 1 fully saturated rings. The van der Waals surface area contributed by atoms with Crippen LogP contribution in [-0.2, 0) is 14.3 Å². The fourth-order valence-corrected chi connectivity index (χ4v) is 3.19. The van der Waals surface area contributed by atoms with Crippen LogP contribution < -0.4 is 19.6 Å². The highest BCUT2D eigenvalue weighted by Crippen LogP contribution is 2.28. The van der Waals surface area contributed by atoms with Gasteiger partial charge >= 0.3 is 0 Å². The molecule has 1 N–H and O–H groups in total. The van der Waals surface area contributed by atoms with Crippen molar-refractivity contribution in [1.29, 1.82) is 0 Å². The number of hydrogen-bond donors (Lipinski definition) is 1. The number of carbonyl (C=O) groups excluding carboxylic acids is 2. The summed E-state index contributed by atoms with van der Waals surface area (Å²) in [5.41, 5.74) is 3.11. The van der Waals surface area contributed by atoms with E-state index in [1.807, 2.05) is 19.1 Å². The standard InChI is InChI=1S/C23H26BrN3O6/c1-2-31-21-13-17(3-8-20(21)33-16-23(29)27-9-11-30-12-10-27)14-25-26-22(28)15-32-19-6-4-18(24)5-7-19/h3-8,13-14H,2,9-12,15-16H2,1H3,(H,26,28)/b25-14-. The molecule has 2 aromatic carbocycles. The molecule has 0 radical (unpaired) electrons. The summed E-state index contributed by atoms with van der Waals surface area (Å²) in [4.78, 5) is 25.9. The minimum Gasteiger partial charge on any atom is -0.490 e. The molecular weight excluding hydrogens is 494 g/mol. The van der Waals surface area contributed by atoms with E-state index < -0.39 is 0 Å². The Morgan fingerprint density at radius 3 is 2.55 bits per heavy atom. The van der Waals surface area contributed by atoms with Crippen LogP contribution in [0.3, 0.4) is 0 Å². The lowest BCUT2D eigenvalue weighted by atomic mass is 10.2. The molecule has 0 bridgehead atoms. The second kappa shape index (κ2) is 12.8. The molecule has 2 amide bonds. The van der Waals surface area contributed by atoms with E-state index in [2.05, 4.69) is 26.5 Å². The normalized spacial score (nSPS) is 13.6. The molecule has 176 valence electrons. The van der Waals surface area contributed by atoms with Crippen molar-refractivity contribution in [1.82, 2.24) is 10.3 Å². The zero-order chi connectivity index (χ0) is 23.5. The Bertz CT molecular complexity index is 961. The van der Waals surface area contributed by atoms with Crippen LogP contribution >= 0.6 is 15.9 Å². The number of hydrazone groups is 1. The van der Waals surface area contributed by atoms with Gasteiger partial charge in [0.15, 0.2) is 24.7 Å². The molecule has 10 heteroatoms. The molecule has 9 nitrogen and oxygen atoms in total. The largest absolute Gasteiger partial charge is 0.490 e. The maximum Gasteiger partial charge on any atom is 0.277 e. The number of hydrogen-bond acceptors (Lipinski definition) is 7. The zero-order valence-corrected chi connectivity index (χ0v) is 19.9. The number of nitrogens with zero attached hydrogens (tertiary/aromatic N) is 2. The van der Waals surface area contributed by atoms with Crippen molar-refractivity contribution < 1.29 is 28.5 Å². The number of morpholine rings is 1. The lowest BCUT2D eigenvalue weighted by molar-refractivity contribution is -0.137. The van der Waals surface area contributed by atoms with Crippen LogP contribution in [0.2, 0.25) is 0 Å². The van der Waals surface area contributed by atoms with Crippen molar-refractivity contribution in [3.8, 4) is 17.2 Å². The number of carbonyl (C=O) groups is 2. The van der Waals surface area contributed by atoms with Crippen molar-refractivity contribution in [2.24, 2.45) is 5.10 Å². The summed E-state index contributed by atoms with van der Waals surface area (Å²) >= 11 is 3.34. The maximum atomic E-state index is 12.3. The molecule has 3 rings (SSSR count). The van der Waals surface area contributed by atoms with Gasteiger partial charge in [0.25, 0.3) is 11.8 Å². The molecule has 0 aliphatic carbocycles. The molecule has 1 aliphatic heterocycles. The first-order valence-electron chi connectivity index (χ1n) is 10.5. The smallest absolute Gasteiger partial charge is 0.277 e. The van der Waals surface area contributed by atoms with E-state index in [4.69, 9.17) is 18.9 Å². The first-order chi connectivity index (χ1) is 16.0. The molecule has 0 saturated carbocycles. The van der Waals surface area contributed by atoms with Crippen molar-refractivity contribution in [2.45, 2.75) is 6.92 Å². The van der Waals surface area contributed by atoms with Gasteiger partial charge in [-0.3, -0.25) is 9.59 Å². The molecule has 0 unspecified atom stereocenters. The Morgan fingerprint density at radius 2 is 1.82 bits per heavy atom. The topological polar surface area (TPSA) is 98.7 Å². The summed E-state index contributed by atoms with van der Waals surface area (Å²) in [6, 6.07) is 12.4. The van der Waals surface area contributed by atoms with Crippen LogP contribution in [0.15, 0.2) is 52.0 Å². The van der Waals surface area contributed by atoms with Crippen molar-refractivity contribution in [3.63, 3.8) is 0 Å². The third-order valence-corrected chi connectivity index (χ3v) is 5.10. The van der Waals surface area contributed by atoms with Gasteiger partial charge in [0.05, 0.1) is 26.0 Å². The Balaban J connectivity index is 1.50. The van der Waals surface area contributed by atoms with Crippen molar-refractivity contribution in [2.75, 3.05) is 46.1 Å². The fourth-order valence-electron chi connectivity index (χ4n) is 2.93. The maximum absolute atomic E-state index is 12.3.